The lowest BCUT2D eigenvalue weighted by Crippen LogP contribution is -2.26. The van der Waals surface area contributed by atoms with Gasteiger partial charge in [0.2, 0.25) is 5.88 Å². The van der Waals surface area contributed by atoms with Crippen molar-refractivity contribution in [2.75, 3.05) is 32.7 Å². The largest absolute Gasteiger partial charge is 0.491 e. The number of pyridine rings is 1. The van der Waals surface area contributed by atoms with Crippen LogP contribution < -0.4 is 14.8 Å². The Kier molecular flexibility index (Phi) is 6.53. The summed E-state index contributed by atoms with van der Waals surface area (Å²) in [5.41, 5.74) is 0.204. The van der Waals surface area contributed by atoms with E-state index in [-0.39, 0.29) is 30.4 Å². The number of hydrogen-bond acceptors (Lipinski definition) is 7. The Morgan fingerprint density at radius 2 is 1.96 bits per heavy atom. The molecular formula is C17H19FN2O5. The van der Waals surface area contributed by atoms with E-state index in [4.69, 9.17) is 9.47 Å². The highest BCUT2D eigenvalue weighted by Crippen LogP contribution is 2.19. The van der Waals surface area contributed by atoms with Gasteiger partial charge < -0.3 is 24.6 Å². The normalized spacial score (nSPS) is 11.5. The van der Waals surface area contributed by atoms with Crippen LogP contribution in [0.3, 0.4) is 0 Å². The van der Waals surface area contributed by atoms with Crippen molar-refractivity contribution < 1.29 is 28.5 Å². The number of aliphatic hydroxyl groups is 1. The van der Waals surface area contributed by atoms with Gasteiger partial charge in [-0.1, -0.05) is 0 Å². The molecule has 1 unspecified atom stereocenters. The summed E-state index contributed by atoms with van der Waals surface area (Å²) < 4.78 is 27.9. The molecule has 1 aromatic carbocycles. The van der Waals surface area contributed by atoms with Gasteiger partial charge in [-0.2, -0.15) is 4.98 Å². The van der Waals surface area contributed by atoms with Crippen LogP contribution in [0.25, 0.3) is 0 Å². The maximum Gasteiger partial charge on any atom is 0.343 e. The monoisotopic (exact) mass is 350 g/mol. The van der Waals surface area contributed by atoms with Gasteiger partial charge in [-0.05, 0) is 36.4 Å². The summed E-state index contributed by atoms with van der Waals surface area (Å²) in [4.78, 5) is 15.7. The molecule has 8 heteroatoms. The molecule has 0 bridgehead atoms. The minimum atomic E-state index is -0.821. The number of hydrogen-bond donors (Lipinski definition) is 2. The number of carbonyl (C=O) groups excluding carboxylic acids is 1. The van der Waals surface area contributed by atoms with E-state index >= 15 is 0 Å². The van der Waals surface area contributed by atoms with Crippen molar-refractivity contribution in [1.82, 2.24) is 4.98 Å². The molecule has 0 aliphatic rings. The number of methoxy groups -OCH3 is 2. The maximum absolute atomic E-state index is 12.8. The molecule has 0 amide bonds. The summed E-state index contributed by atoms with van der Waals surface area (Å²) in [7, 11) is 2.66. The quantitative estimate of drug-likeness (QED) is 0.703. The minimum absolute atomic E-state index is 0.0238. The van der Waals surface area contributed by atoms with Crippen LogP contribution in [0.1, 0.15) is 10.4 Å². The highest BCUT2D eigenvalue weighted by Gasteiger charge is 2.15. The predicted molar refractivity (Wildman–Crippen MR) is 88.5 cm³/mol. The number of aliphatic hydroxyl groups excluding tert-OH is 1. The lowest BCUT2D eigenvalue weighted by atomic mass is 10.2. The van der Waals surface area contributed by atoms with Crippen LogP contribution in [0.5, 0.6) is 11.6 Å². The standard InChI is InChI=1S/C17H19FN2O5/c1-23-16-14(17(22)24-2)7-8-15(20-16)19-9-12(21)10-25-13-5-3-11(18)4-6-13/h3-8,12,21H,9-10H2,1-2H3,(H,19,20). The number of benzene rings is 1. The average Bonchev–Trinajstić information content (AvgIpc) is 2.65. The molecule has 2 N–H and O–H groups in total. The molecule has 1 atom stereocenters. The van der Waals surface area contributed by atoms with Gasteiger partial charge in [-0.3, -0.25) is 0 Å². The molecule has 2 rings (SSSR count). The molecule has 1 heterocycles. The Bertz CT molecular complexity index is 709. The first-order valence-electron chi connectivity index (χ1n) is 7.47. The Morgan fingerprint density at radius 3 is 2.60 bits per heavy atom. The van der Waals surface area contributed by atoms with Crippen LogP contribution in [0, 0.1) is 5.82 Å². The van der Waals surface area contributed by atoms with E-state index < -0.39 is 12.1 Å². The molecule has 25 heavy (non-hydrogen) atoms. The fourth-order valence-corrected chi connectivity index (χ4v) is 1.96. The van der Waals surface area contributed by atoms with Gasteiger partial charge in [0.05, 0.1) is 14.2 Å². The van der Waals surface area contributed by atoms with Crippen molar-refractivity contribution in [2.24, 2.45) is 0 Å². The summed E-state index contributed by atoms with van der Waals surface area (Å²) in [6, 6.07) is 8.60. The van der Waals surface area contributed by atoms with E-state index in [1.165, 1.54) is 44.6 Å². The van der Waals surface area contributed by atoms with Crippen LogP contribution in [-0.4, -0.2) is 49.5 Å². The van der Waals surface area contributed by atoms with Gasteiger partial charge in [0, 0.05) is 6.54 Å². The molecule has 0 aliphatic carbocycles. The molecule has 1 aromatic heterocycles. The number of nitrogens with zero attached hydrogens (tertiary/aromatic N) is 1. The Labute approximate surface area is 144 Å². The molecule has 0 spiro atoms. The SMILES string of the molecule is COC(=O)c1ccc(NCC(O)COc2ccc(F)cc2)nc1OC. The number of carbonyl (C=O) groups is 1. The molecule has 0 fully saturated rings. The van der Waals surface area contributed by atoms with E-state index in [9.17, 15) is 14.3 Å². The zero-order chi connectivity index (χ0) is 18.2. The van der Waals surface area contributed by atoms with Gasteiger partial charge >= 0.3 is 5.97 Å². The highest BCUT2D eigenvalue weighted by atomic mass is 19.1. The molecule has 0 saturated carbocycles. The second kappa shape index (κ2) is 8.84. The van der Waals surface area contributed by atoms with Crippen LogP contribution in [-0.2, 0) is 4.74 Å². The second-order valence-electron chi connectivity index (χ2n) is 5.04. The van der Waals surface area contributed by atoms with Gasteiger partial charge in [0.15, 0.2) is 0 Å². The van der Waals surface area contributed by atoms with E-state index in [0.717, 1.165) is 0 Å². The first-order chi connectivity index (χ1) is 12.0. The minimum Gasteiger partial charge on any atom is -0.491 e. The smallest absolute Gasteiger partial charge is 0.343 e. The molecule has 0 aliphatic heterocycles. The number of ether oxygens (including phenoxy) is 3. The van der Waals surface area contributed by atoms with Crippen LogP contribution >= 0.6 is 0 Å². The van der Waals surface area contributed by atoms with Crippen LogP contribution in [0.2, 0.25) is 0 Å². The van der Waals surface area contributed by atoms with E-state index in [1.54, 1.807) is 6.07 Å². The molecule has 0 saturated heterocycles. The van der Waals surface area contributed by atoms with Crippen molar-refractivity contribution in [2.45, 2.75) is 6.10 Å². The Morgan fingerprint density at radius 1 is 1.24 bits per heavy atom. The molecule has 7 nitrogen and oxygen atoms in total. The van der Waals surface area contributed by atoms with Crippen LogP contribution in [0.4, 0.5) is 10.2 Å². The highest BCUT2D eigenvalue weighted by molar-refractivity contribution is 5.92. The zero-order valence-corrected chi connectivity index (χ0v) is 13.9. The number of nitrogens with one attached hydrogen (secondary N) is 1. The van der Waals surface area contributed by atoms with Gasteiger partial charge in [-0.15, -0.1) is 0 Å². The summed E-state index contributed by atoms with van der Waals surface area (Å²) in [5.74, 6) is 0.0931. The predicted octanol–water partition coefficient (Wildman–Crippen LogP) is 1.87. The van der Waals surface area contributed by atoms with Crippen molar-refractivity contribution in [3.05, 3.63) is 47.8 Å². The van der Waals surface area contributed by atoms with Crippen molar-refractivity contribution in [3.8, 4) is 11.6 Å². The third-order valence-corrected chi connectivity index (χ3v) is 3.23. The number of esters is 1. The molecule has 0 radical (unpaired) electrons. The Hall–Kier alpha value is -2.87. The zero-order valence-electron chi connectivity index (χ0n) is 13.9. The fourth-order valence-electron chi connectivity index (χ4n) is 1.96. The van der Waals surface area contributed by atoms with Gasteiger partial charge in [0.25, 0.3) is 0 Å². The topological polar surface area (TPSA) is 89.9 Å². The number of rotatable bonds is 8. The van der Waals surface area contributed by atoms with E-state index in [0.29, 0.717) is 11.6 Å². The third-order valence-electron chi connectivity index (χ3n) is 3.23. The van der Waals surface area contributed by atoms with E-state index in [2.05, 4.69) is 15.0 Å². The molecular weight excluding hydrogens is 331 g/mol. The first kappa shape index (κ1) is 18.5. The van der Waals surface area contributed by atoms with Crippen LogP contribution in [0.15, 0.2) is 36.4 Å². The molecule has 134 valence electrons. The van der Waals surface area contributed by atoms with Crippen molar-refractivity contribution in [3.63, 3.8) is 0 Å². The van der Waals surface area contributed by atoms with Gasteiger partial charge in [-0.25, -0.2) is 9.18 Å². The number of aromatic nitrogens is 1. The lowest BCUT2D eigenvalue weighted by molar-refractivity contribution is 0.0596. The fraction of sp³-hybridized carbons (Fsp3) is 0.294. The Balaban J connectivity index is 1.87. The lowest BCUT2D eigenvalue weighted by Gasteiger charge is -2.14. The summed E-state index contributed by atoms with van der Waals surface area (Å²) >= 11 is 0. The number of halogens is 1. The van der Waals surface area contributed by atoms with Crippen molar-refractivity contribution >= 4 is 11.8 Å². The summed E-state index contributed by atoms with van der Waals surface area (Å²) in [6.07, 6.45) is -0.821. The summed E-state index contributed by atoms with van der Waals surface area (Å²) in [6.45, 7) is 0.185. The third kappa shape index (κ3) is 5.32. The second-order valence-corrected chi connectivity index (χ2v) is 5.04. The molecule has 2 aromatic rings. The number of anilines is 1. The average molecular weight is 350 g/mol. The van der Waals surface area contributed by atoms with Crippen molar-refractivity contribution in [1.29, 1.82) is 0 Å². The maximum atomic E-state index is 12.8. The van der Waals surface area contributed by atoms with Gasteiger partial charge in [0.1, 0.15) is 35.7 Å². The summed E-state index contributed by atoms with van der Waals surface area (Å²) in [5, 5.41) is 12.9. The van der Waals surface area contributed by atoms with E-state index in [1.807, 2.05) is 0 Å². The first-order valence-corrected chi connectivity index (χ1v) is 7.47.